The van der Waals surface area contributed by atoms with Gasteiger partial charge in [0, 0.05) is 17.1 Å². The highest BCUT2D eigenvalue weighted by Gasteiger charge is 2.08. The van der Waals surface area contributed by atoms with Crippen LogP contribution in [0.5, 0.6) is 0 Å². The zero-order valence-corrected chi connectivity index (χ0v) is 10.6. The van der Waals surface area contributed by atoms with Gasteiger partial charge in [0.1, 0.15) is 0 Å². The fourth-order valence-electron chi connectivity index (χ4n) is 1.87. The Balaban J connectivity index is 2.04. The first-order valence-corrected chi connectivity index (χ1v) is 6.25. The predicted molar refractivity (Wildman–Crippen MR) is 70.8 cm³/mol. The predicted octanol–water partition coefficient (Wildman–Crippen LogP) is 2.86. The second-order valence-electron chi connectivity index (χ2n) is 4.23. The van der Waals surface area contributed by atoms with Gasteiger partial charge in [-0.15, -0.1) is 0 Å². The Morgan fingerprint density at radius 3 is 3.00 bits per heavy atom. The van der Waals surface area contributed by atoms with E-state index in [1.807, 2.05) is 30.5 Å². The third kappa shape index (κ3) is 2.90. The van der Waals surface area contributed by atoms with Gasteiger partial charge in [0.15, 0.2) is 0 Å². The normalized spacial score (nSPS) is 10.7. The van der Waals surface area contributed by atoms with Crippen LogP contribution in [0, 0.1) is 0 Å². The third-order valence-corrected chi connectivity index (χ3v) is 2.87. The van der Waals surface area contributed by atoms with E-state index in [0.29, 0.717) is 13.2 Å². The largest absolute Gasteiger partial charge is 0.361 e. The second kappa shape index (κ2) is 6.21. The molecule has 0 atom stereocenters. The summed E-state index contributed by atoms with van der Waals surface area (Å²) in [6, 6.07) is 8.03. The van der Waals surface area contributed by atoms with Crippen LogP contribution in [-0.4, -0.2) is 23.1 Å². The maximum Gasteiger partial charge on any atom is 0.233 e. The summed E-state index contributed by atoms with van der Waals surface area (Å²) in [5.41, 5.74) is 2.14. The number of benzene rings is 1. The molecule has 0 aliphatic carbocycles. The monoisotopic (exact) mass is 246 g/mol. The van der Waals surface area contributed by atoms with Crippen LogP contribution in [0.1, 0.15) is 25.3 Å². The lowest BCUT2D eigenvalue weighted by Gasteiger charge is -2.16. The molecule has 0 radical (unpaired) electrons. The average molecular weight is 246 g/mol. The van der Waals surface area contributed by atoms with Gasteiger partial charge >= 0.3 is 0 Å². The molecule has 4 nitrogen and oxygen atoms in total. The molecule has 0 fully saturated rings. The molecule has 1 aromatic heterocycles. The Kier molecular flexibility index (Phi) is 4.36. The summed E-state index contributed by atoms with van der Waals surface area (Å²) in [6.45, 7) is 3.14. The zero-order valence-electron chi connectivity index (χ0n) is 10.6. The summed E-state index contributed by atoms with van der Waals surface area (Å²) in [5.74, 6) is 0. The lowest BCUT2D eigenvalue weighted by atomic mass is 10.2. The van der Waals surface area contributed by atoms with E-state index >= 15 is 0 Å². The Hall–Kier alpha value is -1.81. The number of para-hydroxylation sites is 1. The minimum atomic E-state index is 0.469. The number of carbonyl (C=O) groups is 1. The van der Waals surface area contributed by atoms with Gasteiger partial charge < -0.3 is 4.98 Å². The molecule has 4 heteroatoms. The highest BCUT2D eigenvalue weighted by molar-refractivity contribution is 5.83. The van der Waals surface area contributed by atoms with Crippen LogP contribution in [0.2, 0.25) is 0 Å². The fraction of sp³-hybridized carbons (Fsp3) is 0.357. The minimum Gasteiger partial charge on any atom is -0.361 e. The topological polar surface area (TPSA) is 45.3 Å². The molecule has 0 unspecified atom stereocenters. The maximum absolute atomic E-state index is 11.0. The van der Waals surface area contributed by atoms with Crippen molar-refractivity contribution in [2.75, 3.05) is 6.61 Å². The van der Waals surface area contributed by atoms with Crippen LogP contribution in [0.3, 0.4) is 0 Å². The Morgan fingerprint density at radius 1 is 1.39 bits per heavy atom. The van der Waals surface area contributed by atoms with Crippen molar-refractivity contribution in [3.8, 4) is 0 Å². The van der Waals surface area contributed by atoms with Crippen LogP contribution in [0.15, 0.2) is 30.5 Å². The number of hydroxylamine groups is 2. The molecule has 0 bridgehead atoms. The molecule has 2 rings (SSSR count). The van der Waals surface area contributed by atoms with E-state index in [4.69, 9.17) is 4.84 Å². The van der Waals surface area contributed by atoms with E-state index in [-0.39, 0.29) is 0 Å². The molecule has 1 N–H and O–H groups in total. The SMILES string of the molecule is CCCCON(C=O)Cc1c[nH]c2ccccc12. The zero-order chi connectivity index (χ0) is 12.8. The number of hydrogen-bond donors (Lipinski definition) is 1. The van der Waals surface area contributed by atoms with Gasteiger partial charge in [-0.2, -0.15) is 0 Å². The number of H-pyrrole nitrogens is 1. The van der Waals surface area contributed by atoms with Gasteiger partial charge in [-0.3, -0.25) is 9.63 Å². The van der Waals surface area contributed by atoms with E-state index in [1.165, 1.54) is 5.06 Å². The van der Waals surface area contributed by atoms with E-state index < -0.39 is 0 Å². The summed E-state index contributed by atoms with van der Waals surface area (Å²) >= 11 is 0. The quantitative estimate of drug-likeness (QED) is 0.464. The number of rotatable bonds is 7. The summed E-state index contributed by atoms with van der Waals surface area (Å²) in [6.07, 6.45) is 4.67. The van der Waals surface area contributed by atoms with Crippen LogP contribution in [0.25, 0.3) is 10.9 Å². The fourth-order valence-corrected chi connectivity index (χ4v) is 1.87. The van der Waals surface area contributed by atoms with Crippen molar-refractivity contribution in [2.24, 2.45) is 0 Å². The minimum absolute atomic E-state index is 0.469. The molecule has 0 spiro atoms. The van der Waals surface area contributed by atoms with Gasteiger partial charge in [-0.1, -0.05) is 31.5 Å². The first kappa shape index (κ1) is 12.6. The lowest BCUT2D eigenvalue weighted by Crippen LogP contribution is -2.22. The number of unbranched alkanes of at least 4 members (excludes halogenated alkanes) is 1. The summed E-state index contributed by atoms with van der Waals surface area (Å²) < 4.78 is 0. The highest BCUT2D eigenvalue weighted by atomic mass is 16.7. The van der Waals surface area contributed by atoms with Crippen molar-refractivity contribution in [2.45, 2.75) is 26.3 Å². The second-order valence-corrected chi connectivity index (χ2v) is 4.23. The summed E-state index contributed by atoms with van der Waals surface area (Å²) in [7, 11) is 0. The molecule has 0 aliphatic rings. The number of nitrogens with one attached hydrogen (secondary N) is 1. The number of amides is 1. The molecule has 96 valence electrons. The number of aromatic nitrogens is 1. The number of fused-ring (bicyclic) bond motifs is 1. The number of nitrogens with zero attached hydrogens (tertiary/aromatic N) is 1. The molecule has 1 amide bonds. The Labute approximate surface area is 107 Å². The molecule has 1 heterocycles. The first-order chi connectivity index (χ1) is 8.85. The molecule has 0 saturated heterocycles. The van der Waals surface area contributed by atoms with Gasteiger partial charge in [-0.05, 0) is 18.1 Å². The summed E-state index contributed by atoms with van der Waals surface area (Å²) in [4.78, 5) is 19.5. The summed E-state index contributed by atoms with van der Waals surface area (Å²) in [5, 5.41) is 2.48. The molecule has 0 aliphatic heterocycles. The van der Waals surface area contributed by atoms with E-state index in [9.17, 15) is 4.79 Å². The van der Waals surface area contributed by atoms with Crippen LogP contribution in [-0.2, 0) is 16.2 Å². The van der Waals surface area contributed by atoms with Gasteiger partial charge in [0.05, 0.1) is 13.2 Å². The Bertz CT molecular complexity index is 507. The Morgan fingerprint density at radius 2 is 2.22 bits per heavy atom. The number of hydrogen-bond acceptors (Lipinski definition) is 2. The maximum atomic E-state index is 11.0. The van der Waals surface area contributed by atoms with Crippen LogP contribution >= 0.6 is 0 Å². The van der Waals surface area contributed by atoms with Crippen molar-refractivity contribution in [3.05, 3.63) is 36.0 Å². The smallest absolute Gasteiger partial charge is 0.233 e. The number of aromatic amines is 1. The highest BCUT2D eigenvalue weighted by Crippen LogP contribution is 2.18. The standard InChI is InChI=1S/C14H18N2O2/c1-2-3-8-18-16(11-17)10-12-9-15-14-7-5-4-6-13(12)14/h4-7,9,11,15H,2-3,8,10H2,1H3. The van der Waals surface area contributed by atoms with Crippen molar-refractivity contribution >= 4 is 17.3 Å². The average Bonchev–Trinajstić information content (AvgIpc) is 2.81. The molecule has 2 aromatic rings. The van der Waals surface area contributed by atoms with E-state index in [1.54, 1.807) is 0 Å². The van der Waals surface area contributed by atoms with Gasteiger partial charge in [0.2, 0.25) is 6.41 Å². The first-order valence-electron chi connectivity index (χ1n) is 6.25. The van der Waals surface area contributed by atoms with Crippen LogP contribution < -0.4 is 0 Å². The van der Waals surface area contributed by atoms with Gasteiger partial charge in [0.25, 0.3) is 0 Å². The van der Waals surface area contributed by atoms with Crippen molar-refractivity contribution in [3.63, 3.8) is 0 Å². The van der Waals surface area contributed by atoms with Crippen molar-refractivity contribution in [1.82, 2.24) is 10.0 Å². The van der Waals surface area contributed by atoms with Crippen molar-refractivity contribution < 1.29 is 9.63 Å². The van der Waals surface area contributed by atoms with E-state index in [2.05, 4.69) is 11.9 Å². The van der Waals surface area contributed by atoms with Crippen LogP contribution in [0.4, 0.5) is 0 Å². The molecule has 1 aromatic carbocycles. The number of carbonyl (C=O) groups excluding carboxylic acids is 1. The molecular weight excluding hydrogens is 228 g/mol. The molecule has 18 heavy (non-hydrogen) atoms. The lowest BCUT2D eigenvalue weighted by molar-refractivity contribution is -0.176. The van der Waals surface area contributed by atoms with Gasteiger partial charge in [-0.25, -0.2) is 5.06 Å². The van der Waals surface area contributed by atoms with Crippen molar-refractivity contribution in [1.29, 1.82) is 0 Å². The molecule has 0 saturated carbocycles. The van der Waals surface area contributed by atoms with E-state index in [0.717, 1.165) is 35.7 Å². The third-order valence-electron chi connectivity index (χ3n) is 2.87. The molecular formula is C14H18N2O2.